The van der Waals surface area contributed by atoms with Crippen molar-refractivity contribution in [3.8, 4) is 0 Å². The Balaban J connectivity index is 2.15. The average molecular weight is 431 g/mol. The molecule has 1 rings (SSSR count). The molecule has 0 aliphatic rings. The van der Waals surface area contributed by atoms with Crippen molar-refractivity contribution >= 4 is 34.2 Å². The smallest absolute Gasteiger partial charge is 0.220 e. The number of nitrogens with zero attached hydrogens (tertiary/aromatic N) is 3. The number of nitrogens with one attached hydrogen (secondary N) is 2. The van der Waals surface area contributed by atoms with Crippen LogP contribution >= 0.6 is 22.6 Å². The van der Waals surface area contributed by atoms with Crippen LogP contribution in [0.25, 0.3) is 10.4 Å². The second-order valence-electron chi connectivity index (χ2n) is 5.06. The highest BCUT2D eigenvalue weighted by Gasteiger charge is 2.06. The van der Waals surface area contributed by atoms with Gasteiger partial charge in [0.15, 0.2) is 0 Å². The molecule has 1 aromatic rings. The molecule has 0 aliphatic carbocycles. The number of amides is 1. The summed E-state index contributed by atoms with van der Waals surface area (Å²) in [7, 11) is 0. The summed E-state index contributed by atoms with van der Waals surface area (Å²) in [5.74, 6) is -0.0881. The number of rotatable bonds is 11. The molecule has 0 fully saturated rings. The fourth-order valence-electron chi connectivity index (χ4n) is 1.92. The molecule has 0 radical (unpaired) electrons. The minimum atomic E-state index is -0.825. The van der Waals surface area contributed by atoms with Crippen LogP contribution in [0.4, 0.5) is 5.69 Å². The first kappa shape index (κ1) is 19.5. The number of aliphatic hydroxyl groups excluding tert-OH is 1. The zero-order chi connectivity index (χ0) is 16.9. The Morgan fingerprint density at radius 1 is 1.30 bits per heavy atom. The first-order valence-electron chi connectivity index (χ1n) is 7.52. The highest BCUT2D eigenvalue weighted by atomic mass is 127. The van der Waals surface area contributed by atoms with Gasteiger partial charge in [0.2, 0.25) is 5.91 Å². The predicted molar refractivity (Wildman–Crippen MR) is 99.3 cm³/mol. The van der Waals surface area contributed by atoms with E-state index in [0.717, 1.165) is 29.4 Å². The molecule has 0 aromatic heterocycles. The number of carbonyl (C=O) groups excluding carboxylic acids is 1. The van der Waals surface area contributed by atoms with Crippen molar-refractivity contribution in [2.24, 2.45) is 5.11 Å². The number of aliphatic hydroxyl groups is 1. The van der Waals surface area contributed by atoms with Gasteiger partial charge in [0.1, 0.15) is 6.23 Å². The lowest BCUT2D eigenvalue weighted by atomic mass is 10.2. The average Bonchev–Trinajstić information content (AvgIpc) is 2.57. The molecule has 0 aliphatic heterocycles. The molecule has 126 valence electrons. The monoisotopic (exact) mass is 431 g/mol. The molecule has 3 N–H and O–H groups in total. The number of anilines is 1. The second-order valence-corrected chi connectivity index (χ2v) is 5.82. The van der Waals surface area contributed by atoms with Gasteiger partial charge in [-0.2, -0.15) is 0 Å². The molecule has 1 amide bonds. The van der Waals surface area contributed by atoms with Crippen molar-refractivity contribution in [1.29, 1.82) is 0 Å². The van der Waals surface area contributed by atoms with Crippen LogP contribution in [0.15, 0.2) is 29.4 Å². The Hall–Kier alpha value is -1.51. The van der Waals surface area contributed by atoms with Crippen molar-refractivity contribution < 1.29 is 9.90 Å². The van der Waals surface area contributed by atoms with Crippen LogP contribution in [0.1, 0.15) is 31.2 Å². The number of alkyl halides is 1. The highest BCUT2D eigenvalue weighted by Crippen LogP contribution is 2.12. The lowest BCUT2D eigenvalue weighted by Crippen LogP contribution is -2.36. The molecule has 0 saturated heterocycles. The summed E-state index contributed by atoms with van der Waals surface area (Å²) in [5.41, 5.74) is 10.2. The van der Waals surface area contributed by atoms with E-state index in [1.54, 1.807) is 0 Å². The Morgan fingerprint density at radius 3 is 2.70 bits per heavy atom. The molecule has 1 unspecified atom stereocenters. The van der Waals surface area contributed by atoms with Gasteiger partial charge in [0.05, 0.1) is 6.54 Å². The SMILES string of the molecule is [N-]=[N+]=NCCCCCC(=O)NCC(O)Nc1ccc(CI)cc1. The van der Waals surface area contributed by atoms with Gasteiger partial charge < -0.3 is 15.7 Å². The van der Waals surface area contributed by atoms with Crippen molar-refractivity contribution in [3.63, 3.8) is 0 Å². The second kappa shape index (κ2) is 12.0. The summed E-state index contributed by atoms with van der Waals surface area (Å²) >= 11 is 2.29. The summed E-state index contributed by atoms with van der Waals surface area (Å²) in [6.45, 7) is 0.628. The molecule has 1 aromatic carbocycles. The number of azide groups is 1. The molecule has 0 spiro atoms. The number of halogens is 1. The molecular weight excluding hydrogens is 409 g/mol. The maximum Gasteiger partial charge on any atom is 0.220 e. The Kier molecular flexibility index (Phi) is 10.2. The van der Waals surface area contributed by atoms with Crippen molar-refractivity contribution in [1.82, 2.24) is 5.32 Å². The van der Waals surface area contributed by atoms with Crippen LogP contribution in [0.2, 0.25) is 0 Å². The van der Waals surface area contributed by atoms with Gasteiger partial charge in [0.25, 0.3) is 0 Å². The van der Waals surface area contributed by atoms with Crippen LogP contribution in [-0.4, -0.2) is 30.3 Å². The standard InChI is InChI=1S/C15H22IN5O2/c16-10-12-5-7-13(8-6-12)20-15(23)11-18-14(22)4-2-1-3-9-19-21-17/h5-8,15,20,23H,1-4,9-11H2,(H,18,22). The van der Waals surface area contributed by atoms with E-state index < -0.39 is 6.23 Å². The summed E-state index contributed by atoms with van der Waals surface area (Å²) < 4.78 is 0.944. The summed E-state index contributed by atoms with van der Waals surface area (Å²) in [6.07, 6.45) is 1.96. The molecular formula is C15H22IN5O2. The Bertz CT molecular complexity index is 517. The molecule has 8 heteroatoms. The lowest BCUT2D eigenvalue weighted by Gasteiger charge is -2.15. The van der Waals surface area contributed by atoms with E-state index in [1.165, 1.54) is 5.56 Å². The molecule has 0 bridgehead atoms. The van der Waals surface area contributed by atoms with Crippen molar-refractivity contribution in [2.75, 3.05) is 18.4 Å². The maximum atomic E-state index is 11.6. The first-order chi connectivity index (χ1) is 11.2. The fourth-order valence-corrected chi connectivity index (χ4v) is 2.43. The zero-order valence-electron chi connectivity index (χ0n) is 12.9. The van der Waals surface area contributed by atoms with Gasteiger partial charge in [-0.15, -0.1) is 0 Å². The van der Waals surface area contributed by atoms with Gasteiger partial charge in [-0.3, -0.25) is 4.79 Å². The van der Waals surface area contributed by atoms with Crippen LogP contribution in [0.3, 0.4) is 0 Å². The molecule has 7 nitrogen and oxygen atoms in total. The third kappa shape index (κ3) is 9.27. The van der Waals surface area contributed by atoms with Gasteiger partial charge in [-0.05, 0) is 36.1 Å². The Labute approximate surface area is 149 Å². The highest BCUT2D eigenvalue weighted by molar-refractivity contribution is 14.1. The van der Waals surface area contributed by atoms with Crippen LogP contribution in [0, 0.1) is 0 Å². The number of hydrogen-bond donors (Lipinski definition) is 3. The van der Waals surface area contributed by atoms with E-state index in [4.69, 9.17) is 5.53 Å². The maximum absolute atomic E-state index is 11.6. The predicted octanol–water partition coefficient (Wildman–Crippen LogP) is 3.34. The van der Waals surface area contributed by atoms with Crippen LogP contribution < -0.4 is 10.6 Å². The third-order valence-electron chi connectivity index (χ3n) is 3.16. The largest absolute Gasteiger partial charge is 0.372 e. The number of hydrogen-bond acceptors (Lipinski definition) is 4. The van der Waals surface area contributed by atoms with Gasteiger partial charge in [0, 0.05) is 28.0 Å². The fraction of sp³-hybridized carbons (Fsp3) is 0.533. The minimum absolute atomic E-state index is 0.0881. The molecule has 23 heavy (non-hydrogen) atoms. The normalized spacial score (nSPS) is 11.4. The number of unbranched alkanes of at least 4 members (excludes halogenated alkanes) is 2. The van der Waals surface area contributed by atoms with Crippen molar-refractivity contribution in [2.45, 2.75) is 36.3 Å². The number of carbonyl (C=O) groups is 1. The zero-order valence-corrected chi connectivity index (χ0v) is 15.1. The summed E-state index contributed by atoms with van der Waals surface area (Å²) in [4.78, 5) is 14.3. The summed E-state index contributed by atoms with van der Waals surface area (Å²) in [6, 6.07) is 7.80. The topological polar surface area (TPSA) is 110 Å². The Morgan fingerprint density at radius 2 is 2.04 bits per heavy atom. The minimum Gasteiger partial charge on any atom is -0.372 e. The number of benzene rings is 1. The van der Waals surface area contributed by atoms with E-state index >= 15 is 0 Å². The quantitative estimate of drug-likeness (QED) is 0.0951. The van der Waals surface area contributed by atoms with E-state index in [9.17, 15) is 9.90 Å². The summed E-state index contributed by atoms with van der Waals surface area (Å²) in [5, 5.41) is 18.9. The van der Waals surface area contributed by atoms with E-state index in [2.05, 4.69) is 43.3 Å². The van der Waals surface area contributed by atoms with Crippen LogP contribution in [-0.2, 0) is 9.22 Å². The van der Waals surface area contributed by atoms with Gasteiger partial charge in [-0.25, -0.2) is 0 Å². The van der Waals surface area contributed by atoms with Crippen molar-refractivity contribution in [3.05, 3.63) is 40.3 Å². The third-order valence-corrected chi connectivity index (χ3v) is 4.04. The molecule has 0 saturated carbocycles. The van der Waals surface area contributed by atoms with Gasteiger partial charge >= 0.3 is 0 Å². The van der Waals surface area contributed by atoms with E-state index in [1.807, 2.05) is 24.3 Å². The first-order valence-corrected chi connectivity index (χ1v) is 9.05. The van der Waals surface area contributed by atoms with E-state index in [-0.39, 0.29) is 12.5 Å². The van der Waals surface area contributed by atoms with Gasteiger partial charge in [-0.1, -0.05) is 46.3 Å². The van der Waals surface area contributed by atoms with E-state index in [0.29, 0.717) is 13.0 Å². The lowest BCUT2D eigenvalue weighted by molar-refractivity contribution is -0.121. The molecule has 1 atom stereocenters. The molecule has 0 heterocycles. The van der Waals surface area contributed by atoms with Crippen LogP contribution in [0.5, 0.6) is 0 Å².